The fourth-order valence-corrected chi connectivity index (χ4v) is 4.98. The van der Waals surface area contributed by atoms with Crippen molar-refractivity contribution in [1.82, 2.24) is 9.97 Å². The lowest BCUT2D eigenvalue weighted by Gasteiger charge is -2.40. The van der Waals surface area contributed by atoms with E-state index in [1.807, 2.05) is 6.20 Å². The van der Waals surface area contributed by atoms with Gasteiger partial charge in [0.2, 0.25) is 0 Å². The third-order valence-electron chi connectivity index (χ3n) is 6.41. The first-order chi connectivity index (χ1) is 12.8. The Morgan fingerprint density at radius 3 is 2.81 bits per heavy atom. The van der Waals surface area contributed by atoms with Crippen LogP contribution in [0.3, 0.4) is 0 Å². The highest BCUT2D eigenvalue weighted by Gasteiger charge is 2.45. The summed E-state index contributed by atoms with van der Waals surface area (Å²) >= 11 is 0. The molecule has 5 nitrogen and oxygen atoms in total. The van der Waals surface area contributed by atoms with Crippen LogP contribution >= 0.6 is 0 Å². The number of piperidine rings is 1. The smallest absolute Gasteiger partial charge is 0.147 e. The highest BCUT2D eigenvalue weighted by Crippen LogP contribution is 2.47. The first kappa shape index (κ1) is 16.1. The summed E-state index contributed by atoms with van der Waals surface area (Å²) in [5, 5.41) is 0. The van der Waals surface area contributed by atoms with Gasteiger partial charge in [0.1, 0.15) is 5.82 Å². The molecule has 1 aromatic carbocycles. The zero-order valence-corrected chi connectivity index (χ0v) is 15.2. The van der Waals surface area contributed by atoms with Crippen molar-refractivity contribution in [2.45, 2.75) is 24.7 Å². The largest absolute Gasteiger partial charge is 0.381 e. The van der Waals surface area contributed by atoms with Crippen molar-refractivity contribution >= 4 is 11.5 Å². The van der Waals surface area contributed by atoms with E-state index in [2.05, 4.69) is 44.0 Å². The highest BCUT2D eigenvalue weighted by atomic mass is 16.5. The summed E-state index contributed by atoms with van der Waals surface area (Å²) < 4.78 is 5.61. The number of hydrogen-bond acceptors (Lipinski definition) is 5. The predicted molar refractivity (Wildman–Crippen MR) is 103 cm³/mol. The molecule has 0 saturated carbocycles. The SMILES string of the molecule is c1ccc2c(c1)N(C[C@H]1CCOC1)CC21CCN(c2cnccn2)CC1. The second-order valence-corrected chi connectivity index (χ2v) is 7.96. The molecule has 0 N–H and O–H groups in total. The van der Waals surface area contributed by atoms with Gasteiger partial charge in [-0.25, -0.2) is 4.98 Å². The van der Waals surface area contributed by atoms with Crippen molar-refractivity contribution in [1.29, 1.82) is 0 Å². The first-order valence-corrected chi connectivity index (χ1v) is 9.77. The van der Waals surface area contributed by atoms with Crippen LogP contribution in [0.15, 0.2) is 42.9 Å². The van der Waals surface area contributed by atoms with E-state index in [1.165, 1.54) is 24.9 Å². The second kappa shape index (κ2) is 6.54. The summed E-state index contributed by atoms with van der Waals surface area (Å²) in [6, 6.07) is 9.07. The number of benzene rings is 1. The molecule has 2 saturated heterocycles. The molecule has 4 heterocycles. The number of fused-ring (bicyclic) bond motifs is 2. The molecule has 5 rings (SSSR count). The number of rotatable bonds is 3. The fraction of sp³-hybridized carbons (Fsp3) is 0.524. The summed E-state index contributed by atoms with van der Waals surface area (Å²) in [7, 11) is 0. The topological polar surface area (TPSA) is 41.5 Å². The Balaban J connectivity index is 1.36. The Morgan fingerprint density at radius 1 is 1.15 bits per heavy atom. The van der Waals surface area contributed by atoms with Crippen LogP contribution in [0, 0.1) is 5.92 Å². The normalized spacial score (nSPS) is 24.2. The third kappa shape index (κ3) is 2.75. The van der Waals surface area contributed by atoms with Gasteiger partial charge in [0.15, 0.2) is 0 Å². The Bertz CT molecular complexity index is 752. The van der Waals surface area contributed by atoms with Crippen molar-refractivity contribution < 1.29 is 4.74 Å². The lowest BCUT2D eigenvalue weighted by Crippen LogP contribution is -2.46. The van der Waals surface area contributed by atoms with Crippen LogP contribution in [0.2, 0.25) is 0 Å². The summed E-state index contributed by atoms with van der Waals surface area (Å²) in [6.45, 7) is 6.23. The van der Waals surface area contributed by atoms with Crippen LogP contribution in [0.1, 0.15) is 24.8 Å². The molecule has 3 aliphatic heterocycles. The summed E-state index contributed by atoms with van der Waals surface area (Å²) in [4.78, 5) is 13.7. The molecule has 0 unspecified atom stereocenters. The molecule has 2 aromatic rings. The van der Waals surface area contributed by atoms with Crippen molar-refractivity contribution in [3.63, 3.8) is 0 Å². The minimum Gasteiger partial charge on any atom is -0.381 e. The van der Waals surface area contributed by atoms with Crippen LogP contribution in [0.5, 0.6) is 0 Å². The molecule has 1 spiro atoms. The molecule has 3 aliphatic rings. The van der Waals surface area contributed by atoms with Crippen molar-refractivity contribution in [2.75, 3.05) is 49.2 Å². The third-order valence-corrected chi connectivity index (χ3v) is 6.41. The van der Waals surface area contributed by atoms with Crippen LogP contribution in [-0.2, 0) is 10.2 Å². The lowest BCUT2D eigenvalue weighted by molar-refractivity contribution is 0.186. The quantitative estimate of drug-likeness (QED) is 0.851. The van der Waals surface area contributed by atoms with E-state index in [1.54, 1.807) is 18.0 Å². The maximum Gasteiger partial charge on any atom is 0.147 e. The van der Waals surface area contributed by atoms with Gasteiger partial charge < -0.3 is 14.5 Å². The lowest BCUT2D eigenvalue weighted by atomic mass is 9.74. The number of para-hydroxylation sites is 1. The molecule has 1 atom stereocenters. The molecule has 0 bridgehead atoms. The van der Waals surface area contributed by atoms with E-state index in [-0.39, 0.29) is 5.41 Å². The molecule has 5 heteroatoms. The van der Waals surface area contributed by atoms with Gasteiger partial charge in [0, 0.05) is 62.2 Å². The van der Waals surface area contributed by atoms with Crippen molar-refractivity contribution in [3.05, 3.63) is 48.4 Å². The minimum absolute atomic E-state index is 0.286. The Kier molecular flexibility index (Phi) is 4.04. The summed E-state index contributed by atoms with van der Waals surface area (Å²) in [6.07, 6.45) is 8.97. The summed E-state index contributed by atoms with van der Waals surface area (Å²) in [5.74, 6) is 1.69. The van der Waals surface area contributed by atoms with E-state index in [4.69, 9.17) is 4.74 Å². The van der Waals surface area contributed by atoms with E-state index >= 15 is 0 Å². The maximum absolute atomic E-state index is 5.61. The van der Waals surface area contributed by atoms with Crippen LogP contribution in [-0.4, -0.2) is 49.4 Å². The monoisotopic (exact) mass is 350 g/mol. The van der Waals surface area contributed by atoms with Gasteiger partial charge >= 0.3 is 0 Å². The van der Waals surface area contributed by atoms with E-state index in [0.717, 1.165) is 45.2 Å². The van der Waals surface area contributed by atoms with Gasteiger partial charge in [-0.15, -0.1) is 0 Å². The van der Waals surface area contributed by atoms with Gasteiger partial charge in [-0.2, -0.15) is 0 Å². The Labute approximate surface area is 155 Å². The maximum atomic E-state index is 5.61. The van der Waals surface area contributed by atoms with Gasteiger partial charge in [-0.1, -0.05) is 18.2 Å². The zero-order chi connectivity index (χ0) is 17.4. The Morgan fingerprint density at radius 2 is 2.04 bits per heavy atom. The van der Waals surface area contributed by atoms with E-state index < -0.39 is 0 Å². The average Bonchev–Trinajstić information content (AvgIpc) is 3.31. The molecule has 0 aliphatic carbocycles. The van der Waals surface area contributed by atoms with Crippen molar-refractivity contribution in [2.24, 2.45) is 5.92 Å². The van der Waals surface area contributed by atoms with Gasteiger partial charge in [0.25, 0.3) is 0 Å². The van der Waals surface area contributed by atoms with Crippen LogP contribution < -0.4 is 9.80 Å². The van der Waals surface area contributed by atoms with Gasteiger partial charge in [0.05, 0.1) is 12.8 Å². The number of nitrogens with zero attached hydrogens (tertiary/aromatic N) is 4. The van der Waals surface area contributed by atoms with Crippen molar-refractivity contribution in [3.8, 4) is 0 Å². The van der Waals surface area contributed by atoms with Gasteiger partial charge in [-0.3, -0.25) is 4.98 Å². The second-order valence-electron chi connectivity index (χ2n) is 7.96. The molecule has 2 fully saturated rings. The molecular formula is C21H26N4O. The Hall–Kier alpha value is -2.14. The number of hydrogen-bond donors (Lipinski definition) is 0. The predicted octanol–water partition coefficient (Wildman–Crippen LogP) is 2.87. The van der Waals surface area contributed by atoms with Crippen LogP contribution in [0.25, 0.3) is 0 Å². The minimum atomic E-state index is 0.286. The van der Waals surface area contributed by atoms with Gasteiger partial charge in [-0.05, 0) is 30.9 Å². The molecule has 0 radical (unpaired) electrons. The van der Waals surface area contributed by atoms with E-state index in [9.17, 15) is 0 Å². The molecule has 0 amide bonds. The molecule has 26 heavy (non-hydrogen) atoms. The zero-order valence-electron chi connectivity index (χ0n) is 15.2. The summed E-state index contributed by atoms with van der Waals surface area (Å²) in [5.41, 5.74) is 3.29. The number of ether oxygens (including phenoxy) is 1. The molecule has 136 valence electrons. The fourth-order valence-electron chi connectivity index (χ4n) is 4.98. The highest BCUT2D eigenvalue weighted by molar-refractivity contribution is 5.63. The standard InChI is InChI=1S/C21H26N4O/c1-2-4-19-18(3-1)21(16-25(19)14-17-5-12-26-15-17)6-10-24(11-7-21)20-13-22-8-9-23-20/h1-4,8-9,13,17H,5-7,10-12,14-16H2/t17-/m1/s1. The molecular weight excluding hydrogens is 324 g/mol. The average molecular weight is 350 g/mol. The van der Waals surface area contributed by atoms with Crippen LogP contribution in [0.4, 0.5) is 11.5 Å². The number of anilines is 2. The van der Waals surface area contributed by atoms with E-state index in [0.29, 0.717) is 5.92 Å². The number of aromatic nitrogens is 2. The molecule has 1 aromatic heterocycles. The first-order valence-electron chi connectivity index (χ1n) is 9.77.